The molecule has 0 heterocycles. The summed E-state index contributed by atoms with van der Waals surface area (Å²) in [6.45, 7) is 4.27. The van der Waals surface area contributed by atoms with Gasteiger partial charge < -0.3 is 10.6 Å². The minimum atomic E-state index is -0.280. The highest BCUT2D eigenvalue weighted by molar-refractivity contribution is 5.79. The molecule has 0 aromatic heterocycles. The fraction of sp³-hybridized carbons (Fsp3) is 0.727. The third-order valence-electron chi connectivity index (χ3n) is 2.48. The molecule has 0 saturated heterocycles. The minimum absolute atomic E-state index is 0.0829. The van der Waals surface area contributed by atoms with Gasteiger partial charge in [-0.1, -0.05) is 6.92 Å². The van der Waals surface area contributed by atoms with E-state index in [0.717, 1.165) is 0 Å². The molecule has 5 nitrogen and oxygen atoms in total. The van der Waals surface area contributed by atoms with Crippen molar-refractivity contribution in [3.8, 4) is 12.1 Å². The summed E-state index contributed by atoms with van der Waals surface area (Å²) in [4.78, 5) is 13.5. The summed E-state index contributed by atoms with van der Waals surface area (Å²) in [6.07, 6.45) is 0.561. The Hall–Kier alpha value is -1.59. The lowest BCUT2D eigenvalue weighted by Crippen LogP contribution is -2.42. The van der Waals surface area contributed by atoms with Crippen LogP contribution in [0.1, 0.15) is 26.7 Å². The quantitative estimate of drug-likeness (QED) is 0.713. The number of hydrogen-bond acceptors (Lipinski definition) is 4. The van der Waals surface area contributed by atoms with Gasteiger partial charge in [0.2, 0.25) is 5.91 Å². The van der Waals surface area contributed by atoms with Gasteiger partial charge in [0.05, 0.1) is 30.9 Å². The molecule has 5 heteroatoms. The smallest absolute Gasteiger partial charge is 0.227 e. The van der Waals surface area contributed by atoms with Crippen LogP contribution in [0.3, 0.4) is 0 Å². The van der Waals surface area contributed by atoms with Crippen molar-refractivity contribution in [2.24, 2.45) is 11.7 Å². The molecule has 0 bridgehead atoms. The Balaban J connectivity index is 4.44. The Morgan fingerprint density at radius 3 is 2.00 bits per heavy atom. The molecule has 0 saturated carbocycles. The number of nitrogens with two attached hydrogens (primary N) is 1. The fourth-order valence-corrected chi connectivity index (χ4v) is 1.21. The lowest BCUT2D eigenvalue weighted by molar-refractivity contribution is -0.135. The highest BCUT2D eigenvalue weighted by Gasteiger charge is 2.22. The first kappa shape index (κ1) is 14.4. The van der Waals surface area contributed by atoms with Crippen LogP contribution in [0.2, 0.25) is 0 Å². The average molecular weight is 222 g/mol. The molecular formula is C11H18N4O. The highest BCUT2D eigenvalue weighted by atomic mass is 16.2. The maximum Gasteiger partial charge on any atom is 0.227 e. The van der Waals surface area contributed by atoms with Gasteiger partial charge in [-0.2, -0.15) is 10.5 Å². The predicted octanol–water partition coefficient (Wildman–Crippen LogP) is 0.626. The Labute approximate surface area is 96.4 Å². The molecule has 2 unspecified atom stereocenters. The first-order chi connectivity index (χ1) is 7.54. The number of nitrogens with zero attached hydrogens (tertiary/aromatic N) is 3. The van der Waals surface area contributed by atoms with E-state index in [1.54, 1.807) is 18.7 Å². The normalized spacial score (nSPS) is 13.3. The number of amides is 1. The minimum Gasteiger partial charge on any atom is -0.340 e. The first-order valence-electron chi connectivity index (χ1n) is 5.32. The number of nitriles is 2. The van der Waals surface area contributed by atoms with Crippen LogP contribution >= 0.6 is 0 Å². The number of hydrogen-bond donors (Lipinski definition) is 1. The predicted molar refractivity (Wildman–Crippen MR) is 59.9 cm³/mol. The van der Waals surface area contributed by atoms with Crippen molar-refractivity contribution < 1.29 is 4.79 Å². The third-order valence-corrected chi connectivity index (χ3v) is 2.48. The molecule has 0 rings (SSSR count). The Kier molecular flexibility index (Phi) is 6.91. The van der Waals surface area contributed by atoms with Crippen molar-refractivity contribution in [3.05, 3.63) is 0 Å². The first-order valence-corrected chi connectivity index (χ1v) is 5.32. The van der Waals surface area contributed by atoms with Gasteiger partial charge in [0.25, 0.3) is 0 Å². The van der Waals surface area contributed by atoms with Gasteiger partial charge in [-0.3, -0.25) is 4.79 Å². The molecule has 0 fully saturated rings. The van der Waals surface area contributed by atoms with Gasteiger partial charge in [-0.15, -0.1) is 0 Å². The topological polar surface area (TPSA) is 93.9 Å². The van der Waals surface area contributed by atoms with Crippen LogP contribution in [0.4, 0.5) is 0 Å². The second-order valence-electron chi connectivity index (χ2n) is 3.79. The zero-order valence-electron chi connectivity index (χ0n) is 9.81. The molecule has 1 amide bonds. The maximum absolute atomic E-state index is 11.9. The van der Waals surface area contributed by atoms with Crippen molar-refractivity contribution in [1.29, 1.82) is 10.5 Å². The van der Waals surface area contributed by atoms with Gasteiger partial charge in [0.1, 0.15) is 0 Å². The molecule has 0 aliphatic carbocycles. The monoisotopic (exact) mass is 222 g/mol. The number of rotatable bonds is 6. The SMILES string of the molecule is CC(N)C(C)C(=O)N(CCC#N)CCC#N. The molecular weight excluding hydrogens is 204 g/mol. The Morgan fingerprint density at radius 1 is 1.25 bits per heavy atom. The summed E-state index contributed by atoms with van der Waals surface area (Å²) in [5.41, 5.74) is 5.65. The van der Waals surface area contributed by atoms with Gasteiger partial charge >= 0.3 is 0 Å². The zero-order valence-corrected chi connectivity index (χ0v) is 9.81. The van der Waals surface area contributed by atoms with Crippen molar-refractivity contribution >= 4 is 5.91 Å². The van der Waals surface area contributed by atoms with E-state index in [1.165, 1.54) is 0 Å². The molecule has 0 spiro atoms. The molecule has 0 aromatic carbocycles. The van der Waals surface area contributed by atoms with Crippen LogP contribution in [0, 0.1) is 28.6 Å². The van der Waals surface area contributed by atoms with E-state index in [4.69, 9.17) is 16.3 Å². The summed E-state index contributed by atoms with van der Waals surface area (Å²) < 4.78 is 0. The molecule has 2 N–H and O–H groups in total. The Bertz CT molecular complexity index is 282. The lowest BCUT2D eigenvalue weighted by atomic mass is 10.0. The summed E-state index contributed by atoms with van der Waals surface area (Å²) in [5.74, 6) is -0.363. The summed E-state index contributed by atoms with van der Waals surface area (Å²) in [7, 11) is 0. The van der Waals surface area contributed by atoms with Gasteiger partial charge in [0.15, 0.2) is 0 Å². The van der Waals surface area contributed by atoms with Gasteiger partial charge in [-0.25, -0.2) is 0 Å². The van der Waals surface area contributed by atoms with Crippen molar-refractivity contribution in [3.63, 3.8) is 0 Å². The van der Waals surface area contributed by atoms with Gasteiger partial charge in [0, 0.05) is 19.1 Å². The molecule has 88 valence electrons. The zero-order chi connectivity index (χ0) is 12.6. The van der Waals surface area contributed by atoms with E-state index in [9.17, 15) is 4.79 Å². The molecule has 0 aliphatic heterocycles. The highest BCUT2D eigenvalue weighted by Crippen LogP contribution is 2.07. The van der Waals surface area contributed by atoms with E-state index in [1.807, 2.05) is 12.1 Å². The number of carbonyl (C=O) groups excluding carboxylic acids is 1. The van der Waals surface area contributed by atoms with Crippen LogP contribution in [-0.2, 0) is 4.79 Å². The van der Waals surface area contributed by atoms with Crippen LogP contribution in [-0.4, -0.2) is 29.9 Å². The second kappa shape index (κ2) is 7.67. The van der Waals surface area contributed by atoms with E-state index in [2.05, 4.69) is 0 Å². The fourth-order valence-electron chi connectivity index (χ4n) is 1.21. The molecule has 0 aliphatic rings. The average Bonchev–Trinajstić information content (AvgIpc) is 2.27. The summed E-state index contributed by atoms with van der Waals surface area (Å²) >= 11 is 0. The van der Waals surface area contributed by atoms with E-state index in [0.29, 0.717) is 13.1 Å². The van der Waals surface area contributed by atoms with Gasteiger partial charge in [-0.05, 0) is 6.92 Å². The maximum atomic E-state index is 11.9. The summed E-state index contributed by atoms with van der Waals surface area (Å²) in [5, 5.41) is 17.0. The molecule has 16 heavy (non-hydrogen) atoms. The van der Waals surface area contributed by atoms with Crippen molar-refractivity contribution in [2.75, 3.05) is 13.1 Å². The Morgan fingerprint density at radius 2 is 1.69 bits per heavy atom. The van der Waals surface area contributed by atoms with Crippen molar-refractivity contribution in [1.82, 2.24) is 4.90 Å². The van der Waals surface area contributed by atoms with Crippen LogP contribution < -0.4 is 5.73 Å². The van der Waals surface area contributed by atoms with E-state index < -0.39 is 0 Å². The van der Waals surface area contributed by atoms with E-state index >= 15 is 0 Å². The van der Waals surface area contributed by atoms with Crippen LogP contribution in [0.25, 0.3) is 0 Å². The van der Waals surface area contributed by atoms with E-state index in [-0.39, 0.29) is 30.7 Å². The largest absolute Gasteiger partial charge is 0.340 e. The van der Waals surface area contributed by atoms with Crippen LogP contribution in [0.15, 0.2) is 0 Å². The lowest BCUT2D eigenvalue weighted by Gasteiger charge is -2.25. The molecule has 0 radical (unpaired) electrons. The third kappa shape index (κ3) is 4.77. The van der Waals surface area contributed by atoms with Crippen molar-refractivity contribution in [2.45, 2.75) is 32.7 Å². The standard InChI is InChI=1S/C11H18N4O/c1-9(10(2)14)11(16)15(7-3-5-12)8-4-6-13/h9-10H,3-4,7-8,14H2,1-2H3. The second-order valence-corrected chi connectivity index (χ2v) is 3.79. The summed E-state index contributed by atoms with van der Waals surface area (Å²) in [6, 6.07) is 3.76. The molecule has 2 atom stereocenters. The van der Waals surface area contributed by atoms with Crippen LogP contribution in [0.5, 0.6) is 0 Å². The molecule has 0 aromatic rings. The number of carbonyl (C=O) groups is 1.